The lowest BCUT2D eigenvalue weighted by Gasteiger charge is -2.19. The minimum Gasteiger partial charge on any atom is -0.321 e. The van der Waals surface area contributed by atoms with Crippen molar-refractivity contribution < 1.29 is 4.79 Å². The molecule has 0 aliphatic heterocycles. The first-order chi connectivity index (χ1) is 11.0. The number of nitrogens with one attached hydrogen (secondary N) is 1. The normalized spacial score (nSPS) is 15.6. The number of anilines is 1. The van der Waals surface area contributed by atoms with Crippen LogP contribution in [0.3, 0.4) is 0 Å². The lowest BCUT2D eigenvalue weighted by atomic mass is 9.88. The van der Waals surface area contributed by atoms with Gasteiger partial charge in [0.2, 0.25) is 0 Å². The van der Waals surface area contributed by atoms with Gasteiger partial charge in [-0.3, -0.25) is 4.79 Å². The summed E-state index contributed by atoms with van der Waals surface area (Å²) in [6, 6.07) is 6.21. The summed E-state index contributed by atoms with van der Waals surface area (Å²) in [5.41, 5.74) is 3.91. The molecule has 0 radical (unpaired) electrons. The first-order valence-corrected chi connectivity index (χ1v) is 9.88. The van der Waals surface area contributed by atoms with E-state index in [9.17, 15) is 4.79 Å². The van der Waals surface area contributed by atoms with E-state index in [1.54, 1.807) is 11.3 Å². The fraction of sp³-hybridized carbons (Fsp3) is 0.421. The molecule has 1 saturated carbocycles. The van der Waals surface area contributed by atoms with Gasteiger partial charge in [-0.25, -0.2) is 0 Å². The van der Waals surface area contributed by atoms with Crippen molar-refractivity contribution in [3.05, 3.63) is 49.6 Å². The highest BCUT2D eigenvalue weighted by atomic mass is 79.9. The Morgan fingerprint density at radius 2 is 1.91 bits per heavy atom. The number of hydrogen-bond donors (Lipinski definition) is 1. The third-order valence-electron chi connectivity index (χ3n) is 4.56. The van der Waals surface area contributed by atoms with Gasteiger partial charge in [0, 0.05) is 14.7 Å². The largest absolute Gasteiger partial charge is 0.321 e. The number of rotatable bonds is 3. The topological polar surface area (TPSA) is 29.1 Å². The minimum atomic E-state index is -0.0176. The van der Waals surface area contributed by atoms with Gasteiger partial charge < -0.3 is 5.32 Å². The summed E-state index contributed by atoms with van der Waals surface area (Å²) in [5.74, 6) is 0.638. The predicted molar refractivity (Wildman–Crippen MR) is 102 cm³/mol. The molecule has 1 aromatic carbocycles. The first-order valence-electron chi connectivity index (χ1n) is 8.21. The molecule has 0 saturated heterocycles. The second kappa shape index (κ2) is 7.18. The predicted octanol–water partition coefficient (Wildman–Crippen LogP) is 6.43. The van der Waals surface area contributed by atoms with E-state index in [0.29, 0.717) is 5.92 Å². The molecule has 2 aromatic rings. The van der Waals surface area contributed by atoms with Gasteiger partial charge in [0.15, 0.2) is 0 Å². The summed E-state index contributed by atoms with van der Waals surface area (Å²) in [6.07, 6.45) is 6.53. The lowest BCUT2D eigenvalue weighted by Crippen LogP contribution is -2.12. The molecular formula is C19H22BrNOS. The van der Waals surface area contributed by atoms with Gasteiger partial charge in [-0.05, 0) is 71.8 Å². The van der Waals surface area contributed by atoms with Crippen molar-refractivity contribution in [2.24, 2.45) is 0 Å². The van der Waals surface area contributed by atoms with E-state index in [1.807, 2.05) is 18.4 Å². The van der Waals surface area contributed by atoms with Crippen LogP contribution < -0.4 is 5.32 Å². The molecule has 0 unspecified atom stereocenters. The average molecular weight is 392 g/mol. The van der Waals surface area contributed by atoms with E-state index in [-0.39, 0.29) is 5.91 Å². The number of hydrogen-bond acceptors (Lipinski definition) is 2. The Labute approximate surface area is 150 Å². The number of benzene rings is 1. The number of carbonyl (C=O) groups is 1. The van der Waals surface area contributed by atoms with Crippen molar-refractivity contribution in [2.45, 2.75) is 51.9 Å². The number of thiophene rings is 1. The zero-order valence-corrected chi connectivity index (χ0v) is 16.0. The average Bonchev–Trinajstić information content (AvgIpc) is 3.01. The smallest absolute Gasteiger partial charge is 0.256 e. The van der Waals surface area contributed by atoms with Crippen LogP contribution in [-0.2, 0) is 0 Å². The maximum Gasteiger partial charge on any atom is 0.256 e. The fourth-order valence-electron chi connectivity index (χ4n) is 3.33. The summed E-state index contributed by atoms with van der Waals surface area (Å²) in [7, 11) is 0. The highest BCUT2D eigenvalue weighted by Crippen LogP contribution is 2.36. The second-order valence-electron chi connectivity index (χ2n) is 6.47. The molecule has 23 heavy (non-hydrogen) atoms. The summed E-state index contributed by atoms with van der Waals surface area (Å²) < 4.78 is 0.936. The molecule has 1 N–H and O–H groups in total. The zero-order chi connectivity index (χ0) is 16.4. The van der Waals surface area contributed by atoms with Gasteiger partial charge in [-0.15, -0.1) is 11.3 Å². The SMILES string of the molecule is Cc1cc(C)c(NC(=O)c2csc(C3CCCCC3)c2)c(Br)c1. The van der Waals surface area contributed by atoms with Gasteiger partial charge >= 0.3 is 0 Å². The van der Waals surface area contributed by atoms with E-state index >= 15 is 0 Å². The molecule has 1 amide bonds. The van der Waals surface area contributed by atoms with E-state index in [2.05, 4.69) is 40.3 Å². The Hall–Kier alpha value is -1.13. The highest BCUT2D eigenvalue weighted by Gasteiger charge is 2.19. The van der Waals surface area contributed by atoms with Crippen LogP contribution >= 0.6 is 27.3 Å². The first kappa shape index (κ1) is 16.7. The van der Waals surface area contributed by atoms with Crippen LogP contribution in [0.15, 0.2) is 28.1 Å². The van der Waals surface area contributed by atoms with Crippen LogP contribution in [0.1, 0.15) is 64.4 Å². The molecule has 0 bridgehead atoms. The molecule has 1 fully saturated rings. The summed E-state index contributed by atoms with van der Waals surface area (Å²) in [5, 5.41) is 5.06. The molecule has 1 aromatic heterocycles. The van der Waals surface area contributed by atoms with Crippen molar-refractivity contribution in [2.75, 3.05) is 5.32 Å². The summed E-state index contributed by atoms with van der Waals surface area (Å²) >= 11 is 5.29. The van der Waals surface area contributed by atoms with Crippen LogP contribution in [0, 0.1) is 13.8 Å². The molecule has 1 aliphatic carbocycles. The molecule has 1 heterocycles. The second-order valence-corrected chi connectivity index (χ2v) is 8.26. The third kappa shape index (κ3) is 3.86. The van der Waals surface area contributed by atoms with Gasteiger partial charge in [0.25, 0.3) is 5.91 Å². The Bertz CT molecular complexity index is 693. The highest BCUT2D eigenvalue weighted by molar-refractivity contribution is 9.10. The number of halogens is 1. The van der Waals surface area contributed by atoms with E-state index in [4.69, 9.17) is 0 Å². The monoisotopic (exact) mass is 391 g/mol. The molecule has 1 aliphatic rings. The molecule has 3 rings (SSSR count). The van der Waals surface area contributed by atoms with Gasteiger partial charge in [0.05, 0.1) is 11.3 Å². The van der Waals surface area contributed by atoms with Gasteiger partial charge in [-0.1, -0.05) is 25.3 Å². The maximum atomic E-state index is 12.6. The number of amides is 1. The van der Waals surface area contributed by atoms with Crippen molar-refractivity contribution in [3.63, 3.8) is 0 Å². The quantitative estimate of drug-likeness (QED) is 0.641. The molecule has 0 spiro atoms. The van der Waals surface area contributed by atoms with Crippen LogP contribution in [0.2, 0.25) is 0 Å². The van der Waals surface area contributed by atoms with Crippen LogP contribution in [0.5, 0.6) is 0 Å². The van der Waals surface area contributed by atoms with Crippen LogP contribution in [-0.4, -0.2) is 5.91 Å². The maximum absolute atomic E-state index is 12.6. The van der Waals surface area contributed by atoms with Gasteiger partial charge in [0.1, 0.15) is 0 Å². The molecule has 0 atom stereocenters. The van der Waals surface area contributed by atoms with Crippen molar-refractivity contribution in [1.82, 2.24) is 0 Å². The molecule has 2 nitrogen and oxygen atoms in total. The Morgan fingerprint density at radius 3 is 2.61 bits per heavy atom. The van der Waals surface area contributed by atoms with E-state index in [1.165, 1.54) is 42.5 Å². The zero-order valence-electron chi connectivity index (χ0n) is 13.6. The third-order valence-corrected chi connectivity index (χ3v) is 6.28. The fourth-order valence-corrected chi connectivity index (χ4v) is 5.17. The van der Waals surface area contributed by atoms with Crippen molar-refractivity contribution >= 4 is 38.9 Å². The number of aryl methyl sites for hydroxylation is 2. The van der Waals surface area contributed by atoms with Crippen LogP contribution in [0.25, 0.3) is 0 Å². The van der Waals surface area contributed by atoms with E-state index in [0.717, 1.165) is 21.3 Å². The summed E-state index contributed by atoms with van der Waals surface area (Å²) in [6.45, 7) is 4.08. The molecule has 122 valence electrons. The van der Waals surface area contributed by atoms with E-state index < -0.39 is 0 Å². The molecule has 4 heteroatoms. The van der Waals surface area contributed by atoms with Crippen molar-refractivity contribution in [3.8, 4) is 0 Å². The summed E-state index contributed by atoms with van der Waals surface area (Å²) in [4.78, 5) is 13.9. The number of carbonyl (C=O) groups excluding carboxylic acids is 1. The molecular weight excluding hydrogens is 370 g/mol. The standard InChI is InChI=1S/C19H22BrNOS/c1-12-8-13(2)18(16(20)9-12)21-19(22)15-10-17(23-11-15)14-6-4-3-5-7-14/h8-11,14H,3-7H2,1-2H3,(H,21,22). The Morgan fingerprint density at radius 1 is 1.17 bits per heavy atom. The van der Waals surface area contributed by atoms with Crippen LogP contribution in [0.4, 0.5) is 5.69 Å². The Balaban J connectivity index is 1.75. The lowest BCUT2D eigenvalue weighted by molar-refractivity contribution is 0.102. The minimum absolute atomic E-state index is 0.0176. The van der Waals surface area contributed by atoms with Crippen molar-refractivity contribution in [1.29, 1.82) is 0 Å². The Kier molecular flexibility index (Phi) is 5.22. The van der Waals surface area contributed by atoms with Gasteiger partial charge in [-0.2, -0.15) is 0 Å².